The van der Waals surface area contributed by atoms with Crippen molar-refractivity contribution >= 4 is 23.4 Å². The van der Waals surface area contributed by atoms with Crippen LogP contribution >= 0.6 is 11.6 Å². The lowest BCUT2D eigenvalue weighted by atomic mass is 9.95. The summed E-state index contributed by atoms with van der Waals surface area (Å²) >= 11 is 5.72. The van der Waals surface area contributed by atoms with Crippen LogP contribution in [0.3, 0.4) is 0 Å². The molecule has 7 nitrogen and oxygen atoms in total. The van der Waals surface area contributed by atoms with Gasteiger partial charge in [-0.3, -0.25) is 9.59 Å². The maximum Gasteiger partial charge on any atom is 0.257 e. The van der Waals surface area contributed by atoms with Gasteiger partial charge < -0.3 is 20.9 Å². The minimum atomic E-state index is -0.972. The van der Waals surface area contributed by atoms with E-state index in [0.29, 0.717) is 0 Å². The minimum Gasteiger partial charge on any atom is -0.507 e. The Morgan fingerprint density at radius 1 is 1.06 bits per heavy atom. The Hall–Kier alpha value is -3.79. The van der Waals surface area contributed by atoms with E-state index in [-0.39, 0.29) is 28.3 Å². The molecule has 1 aliphatic carbocycles. The van der Waals surface area contributed by atoms with Crippen LogP contribution in [0.2, 0.25) is 5.02 Å². The number of halogens is 4. The summed E-state index contributed by atoms with van der Waals surface area (Å²) in [4.78, 5) is 26.8. The first-order chi connectivity index (χ1) is 17.2. The lowest BCUT2D eigenvalue weighted by molar-refractivity contribution is 0.0923. The van der Waals surface area contributed by atoms with Gasteiger partial charge >= 0.3 is 0 Å². The van der Waals surface area contributed by atoms with E-state index < -0.39 is 40.6 Å². The second-order valence-electron chi connectivity index (χ2n) is 7.99. The molecule has 1 heterocycles. The molecule has 0 saturated heterocycles. The number of amides is 2. The summed E-state index contributed by atoms with van der Waals surface area (Å²) in [5, 5.41) is 11.7. The fourth-order valence-corrected chi connectivity index (χ4v) is 3.76. The van der Waals surface area contributed by atoms with Crippen LogP contribution in [-0.4, -0.2) is 27.9 Å². The zero-order chi connectivity index (χ0) is 26.2. The predicted octanol–water partition coefficient (Wildman–Crippen LogP) is 5.50. The monoisotopic (exact) mass is 521 g/mol. The van der Waals surface area contributed by atoms with E-state index in [9.17, 15) is 22.8 Å². The number of rotatable bonds is 5. The maximum atomic E-state index is 13.6. The number of carbonyl (C=O) groups excluding carboxylic acids is 2. The van der Waals surface area contributed by atoms with Crippen LogP contribution in [-0.2, 0) is 0 Å². The third-order valence-corrected chi connectivity index (χ3v) is 5.64. The predicted molar refractivity (Wildman–Crippen MR) is 127 cm³/mol. The first-order valence-corrected chi connectivity index (χ1v) is 11.4. The van der Waals surface area contributed by atoms with E-state index in [1.165, 1.54) is 24.3 Å². The molecule has 0 unspecified atom stereocenters. The molecule has 36 heavy (non-hydrogen) atoms. The SMILES string of the molecule is NC(=O)c1c(O)cccc1F.O=C(NC1CCCCC1)c1cc(F)cnc1Oc1ccc(F)c(Cl)c1. The average Bonchev–Trinajstić information content (AvgIpc) is 2.83. The van der Waals surface area contributed by atoms with Crippen molar-refractivity contribution in [3.8, 4) is 17.4 Å². The van der Waals surface area contributed by atoms with Crippen molar-refractivity contribution in [2.45, 2.75) is 38.1 Å². The molecule has 0 aliphatic heterocycles. The van der Waals surface area contributed by atoms with Gasteiger partial charge in [0.05, 0.1) is 11.2 Å². The van der Waals surface area contributed by atoms with Gasteiger partial charge in [-0.15, -0.1) is 0 Å². The zero-order valence-electron chi connectivity index (χ0n) is 18.9. The molecule has 11 heteroatoms. The van der Waals surface area contributed by atoms with E-state index in [4.69, 9.17) is 27.2 Å². The molecule has 3 aromatic rings. The standard InChI is InChI=1S/C18H17ClF2N2O2.C7H6FNO2/c19-15-9-13(6-7-16(15)21)25-18-14(8-11(20)10-22-18)17(24)23-12-4-2-1-3-5-12;8-4-2-1-3-5(10)6(4)7(9)11/h6-10,12H,1-5H2,(H,23,24);1-3,10H,(H2,9,11). The van der Waals surface area contributed by atoms with Crippen molar-refractivity contribution < 1.29 is 32.6 Å². The highest BCUT2D eigenvalue weighted by atomic mass is 35.5. The molecule has 2 amide bonds. The quantitative estimate of drug-likeness (QED) is 0.410. The molecule has 1 aromatic heterocycles. The van der Waals surface area contributed by atoms with Crippen LogP contribution in [0.25, 0.3) is 0 Å². The van der Waals surface area contributed by atoms with E-state index >= 15 is 0 Å². The lowest BCUT2D eigenvalue weighted by Crippen LogP contribution is -2.36. The van der Waals surface area contributed by atoms with Gasteiger partial charge in [0.2, 0.25) is 5.88 Å². The van der Waals surface area contributed by atoms with Crippen molar-refractivity contribution in [1.29, 1.82) is 0 Å². The molecular formula is C25H23ClF3N3O4. The number of nitrogens with two attached hydrogens (primary N) is 1. The number of pyridine rings is 1. The van der Waals surface area contributed by atoms with Crippen LogP contribution in [0.5, 0.6) is 17.4 Å². The number of nitrogens with one attached hydrogen (secondary N) is 1. The molecule has 2 aromatic carbocycles. The number of carbonyl (C=O) groups is 2. The summed E-state index contributed by atoms with van der Waals surface area (Å²) < 4.78 is 45.0. The molecule has 0 atom stereocenters. The Balaban J connectivity index is 0.000000275. The number of hydrogen-bond acceptors (Lipinski definition) is 5. The largest absolute Gasteiger partial charge is 0.507 e. The topological polar surface area (TPSA) is 115 Å². The van der Waals surface area contributed by atoms with Crippen LogP contribution in [0.1, 0.15) is 52.8 Å². The van der Waals surface area contributed by atoms with Gasteiger partial charge in [0.25, 0.3) is 11.8 Å². The molecule has 1 saturated carbocycles. The summed E-state index contributed by atoms with van der Waals surface area (Å²) in [6, 6.07) is 8.45. The second kappa shape index (κ2) is 12.3. The highest BCUT2D eigenvalue weighted by Gasteiger charge is 2.21. The normalized spacial score (nSPS) is 13.3. The Bertz CT molecular complexity index is 1230. The molecular weight excluding hydrogens is 499 g/mol. The Labute approximate surface area is 210 Å². The summed E-state index contributed by atoms with van der Waals surface area (Å²) in [7, 11) is 0. The maximum absolute atomic E-state index is 13.6. The van der Waals surface area contributed by atoms with Crippen molar-refractivity contribution in [2.75, 3.05) is 0 Å². The smallest absolute Gasteiger partial charge is 0.257 e. The Kier molecular flexibility index (Phi) is 9.13. The van der Waals surface area contributed by atoms with Gasteiger partial charge in [0.15, 0.2) is 0 Å². The Morgan fingerprint density at radius 2 is 1.78 bits per heavy atom. The fourth-order valence-electron chi connectivity index (χ4n) is 3.59. The molecule has 1 fully saturated rings. The summed E-state index contributed by atoms with van der Waals surface area (Å²) in [5.41, 5.74) is 4.30. The summed E-state index contributed by atoms with van der Waals surface area (Å²) in [6.07, 6.45) is 6.04. The fraction of sp³-hybridized carbons (Fsp3) is 0.240. The van der Waals surface area contributed by atoms with Gasteiger partial charge in [0, 0.05) is 12.1 Å². The highest BCUT2D eigenvalue weighted by molar-refractivity contribution is 6.30. The molecule has 4 rings (SSSR count). The van der Waals surface area contributed by atoms with E-state index in [1.807, 2.05) is 0 Å². The third kappa shape index (κ3) is 7.11. The first-order valence-electron chi connectivity index (χ1n) is 11.0. The van der Waals surface area contributed by atoms with Gasteiger partial charge in [-0.25, -0.2) is 18.2 Å². The zero-order valence-corrected chi connectivity index (χ0v) is 19.7. The summed E-state index contributed by atoms with van der Waals surface area (Å²) in [5.74, 6) is -3.73. The van der Waals surface area contributed by atoms with E-state index in [0.717, 1.165) is 56.5 Å². The summed E-state index contributed by atoms with van der Waals surface area (Å²) in [6.45, 7) is 0. The van der Waals surface area contributed by atoms with Gasteiger partial charge in [-0.2, -0.15) is 0 Å². The van der Waals surface area contributed by atoms with Crippen LogP contribution in [0.15, 0.2) is 48.7 Å². The molecule has 0 spiro atoms. The molecule has 1 aliphatic rings. The highest BCUT2D eigenvalue weighted by Crippen LogP contribution is 2.28. The molecule has 4 N–H and O–H groups in total. The number of primary amides is 1. The second-order valence-corrected chi connectivity index (χ2v) is 8.40. The van der Waals surface area contributed by atoms with Crippen LogP contribution in [0.4, 0.5) is 13.2 Å². The van der Waals surface area contributed by atoms with Crippen molar-refractivity contribution in [1.82, 2.24) is 10.3 Å². The Morgan fingerprint density at radius 3 is 2.39 bits per heavy atom. The first kappa shape index (κ1) is 26.8. The number of aromatic nitrogens is 1. The number of nitrogens with zero attached hydrogens (tertiary/aromatic N) is 1. The molecule has 0 bridgehead atoms. The van der Waals surface area contributed by atoms with E-state index in [1.54, 1.807) is 0 Å². The van der Waals surface area contributed by atoms with E-state index in [2.05, 4.69) is 10.3 Å². The van der Waals surface area contributed by atoms with Gasteiger partial charge in [-0.05, 0) is 43.2 Å². The van der Waals surface area contributed by atoms with Crippen LogP contribution < -0.4 is 15.8 Å². The number of hydrogen-bond donors (Lipinski definition) is 3. The average molecular weight is 522 g/mol. The number of benzene rings is 2. The number of aromatic hydroxyl groups is 1. The van der Waals surface area contributed by atoms with Crippen molar-refractivity contribution in [3.63, 3.8) is 0 Å². The lowest BCUT2D eigenvalue weighted by Gasteiger charge is -2.23. The minimum absolute atomic E-state index is 0.00831. The molecule has 0 radical (unpaired) electrons. The van der Waals surface area contributed by atoms with Crippen LogP contribution in [0, 0.1) is 17.5 Å². The third-order valence-electron chi connectivity index (χ3n) is 5.35. The number of phenols is 1. The van der Waals surface area contributed by atoms with Gasteiger partial charge in [0.1, 0.15) is 40.1 Å². The molecule has 190 valence electrons. The number of ether oxygens (including phenoxy) is 1. The van der Waals surface area contributed by atoms with Crippen molar-refractivity contribution in [2.24, 2.45) is 5.73 Å². The van der Waals surface area contributed by atoms with Crippen molar-refractivity contribution in [3.05, 3.63) is 82.3 Å². The van der Waals surface area contributed by atoms with Gasteiger partial charge in [-0.1, -0.05) is 36.9 Å².